The molecule has 0 bridgehead atoms. The Hall–Kier alpha value is -1.35. The molecule has 0 amide bonds. The standard InChI is InChI=1S/C12H18F3N3O2S/c1-18(2)21(19,20)10-5-6-11(17-9-10)16-8-4-3-7-12(13,14)15/h5-6,9H,3-4,7-8H2,1-2H3,(H,16,17). The third kappa shape index (κ3) is 5.88. The lowest BCUT2D eigenvalue weighted by atomic mass is 10.2. The third-order valence-corrected chi connectivity index (χ3v) is 4.51. The van der Waals surface area contributed by atoms with E-state index in [9.17, 15) is 21.6 Å². The van der Waals surface area contributed by atoms with Gasteiger partial charge in [-0.15, -0.1) is 0 Å². The van der Waals surface area contributed by atoms with Crippen molar-refractivity contribution in [2.45, 2.75) is 30.3 Å². The van der Waals surface area contributed by atoms with E-state index in [4.69, 9.17) is 0 Å². The fraction of sp³-hybridized carbons (Fsp3) is 0.583. The zero-order valence-corrected chi connectivity index (χ0v) is 12.6. The van der Waals surface area contributed by atoms with Crippen LogP contribution in [0.1, 0.15) is 19.3 Å². The van der Waals surface area contributed by atoms with Gasteiger partial charge in [0.1, 0.15) is 10.7 Å². The highest BCUT2D eigenvalue weighted by Gasteiger charge is 2.25. The van der Waals surface area contributed by atoms with E-state index in [1.54, 1.807) is 0 Å². The summed E-state index contributed by atoms with van der Waals surface area (Å²) in [4.78, 5) is 4.00. The van der Waals surface area contributed by atoms with Crippen LogP contribution in [0.3, 0.4) is 0 Å². The van der Waals surface area contributed by atoms with Gasteiger partial charge < -0.3 is 5.32 Å². The first kappa shape index (κ1) is 17.7. The van der Waals surface area contributed by atoms with Crippen molar-refractivity contribution in [3.05, 3.63) is 18.3 Å². The topological polar surface area (TPSA) is 62.3 Å². The lowest BCUT2D eigenvalue weighted by molar-refractivity contribution is -0.135. The molecule has 0 aliphatic carbocycles. The van der Waals surface area contributed by atoms with Gasteiger partial charge in [-0.2, -0.15) is 13.2 Å². The number of rotatable bonds is 7. The van der Waals surface area contributed by atoms with Crippen LogP contribution >= 0.6 is 0 Å². The molecule has 0 unspecified atom stereocenters. The van der Waals surface area contributed by atoms with Crippen LogP contribution in [0.15, 0.2) is 23.2 Å². The van der Waals surface area contributed by atoms with Gasteiger partial charge in [0, 0.05) is 33.3 Å². The zero-order valence-electron chi connectivity index (χ0n) is 11.8. The second kappa shape index (κ2) is 7.08. The van der Waals surface area contributed by atoms with Crippen molar-refractivity contribution in [1.82, 2.24) is 9.29 Å². The Morgan fingerprint density at radius 1 is 1.24 bits per heavy atom. The maximum Gasteiger partial charge on any atom is 0.389 e. The number of sulfonamides is 1. The van der Waals surface area contributed by atoms with E-state index in [1.165, 1.54) is 32.4 Å². The molecule has 0 radical (unpaired) electrons. The van der Waals surface area contributed by atoms with Crippen LogP contribution in [-0.2, 0) is 10.0 Å². The first-order valence-electron chi connectivity index (χ1n) is 6.32. The van der Waals surface area contributed by atoms with E-state index in [0.29, 0.717) is 18.8 Å². The van der Waals surface area contributed by atoms with Crippen molar-refractivity contribution in [3.63, 3.8) is 0 Å². The minimum atomic E-state index is -4.12. The monoisotopic (exact) mass is 325 g/mol. The van der Waals surface area contributed by atoms with Crippen molar-refractivity contribution in [2.24, 2.45) is 0 Å². The Labute approximate surface area is 122 Å². The van der Waals surface area contributed by atoms with Crippen molar-refractivity contribution >= 4 is 15.8 Å². The maximum atomic E-state index is 11.9. The van der Waals surface area contributed by atoms with Crippen LogP contribution in [0, 0.1) is 0 Å². The Morgan fingerprint density at radius 2 is 1.90 bits per heavy atom. The Kier molecular flexibility index (Phi) is 5.97. The van der Waals surface area contributed by atoms with Gasteiger partial charge in [0.05, 0.1) is 0 Å². The summed E-state index contributed by atoms with van der Waals surface area (Å²) in [5.74, 6) is 0.430. The predicted octanol–water partition coefficient (Wildman–Crippen LogP) is 2.48. The summed E-state index contributed by atoms with van der Waals surface area (Å²) < 4.78 is 60.5. The van der Waals surface area contributed by atoms with Crippen molar-refractivity contribution in [3.8, 4) is 0 Å². The molecule has 120 valence electrons. The molecule has 1 aromatic rings. The molecular formula is C12H18F3N3O2S. The average Bonchev–Trinajstić information content (AvgIpc) is 2.37. The van der Waals surface area contributed by atoms with Gasteiger partial charge in [0.25, 0.3) is 0 Å². The van der Waals surface area contributed by atoms with Gasteiger partial charge in [-0.3, -0.25) is 0 Å². The van der Waals surface area contributed by atoms with Gasteiger partial charge in [-0.25, -0.2) is 17.7 Å². The number of unbranched alkanes of at least 4 members (excludes halogenated alkanes) is 1. The number of nitrogens with zero attached hydrogens (tertiary/aromatic N) is 2. The van der Waals surface area contributed by atoms with Crippen LogP contribution in [0.2, 0.25) is 0 Å². The second-order valence-corrected chi connectivity index (χ2v) is 6.82. The minimum Gasteiger partial charge on any atom is -0.370 e. The summed E-state index contributed by atoms with van der Waals surface area (Å²) >= 11 is 0. The van der Waals surface area contributed by atoms with Gasteiger partial charge >= 0.3 is 6.18 Å². The molecule has 1 rings (SSSR count). The molecule has 1 heterocycles. The normalized spacial score (nSPS) is 12.7. The van der Waals surface area contributed by atoms with Crippen molar-refractivity contribution in [1.29, 1.82) is 0 Å². The molecule has 1 aromatic heterocycles. The van der Waals surface area contributed by atoms with E-state index in [1.807, 2.05) is 0 Å². The number of halogens is 3. The molecule has 0 fully saturated rings. The smallest absolute Gasteiger partial charge is 0.370 e. The van der Waals surface area contributed by atoms with Crippen LogP contribution in [0.4, 0.5) is 19.0 Å². The first-order valence-corrected chi connectivity index (χ1v) is 7.76. The summed E-state index contributed by atoms with van der Waals surface area (Å²) in [5.41, 5.74) is 0. The molecular weight excluding hydrogens is 307 g/mol. The average molecular weight is 325 g/mol. The highest BCUT2D eigenvalue weighted by atomic mass is 32.2. The molecule has 21 heavy (non-hydrogen) atoms. The van der Waals surface area contributed by atoms with E-state index in [2.05, 4.69) is 10.3 Å². The quantitative estimate of drug-likeness (QED) is 0.782. The Morgan fingerprint density at radius 3 is 2.38 bits per heavy atom. The number of hydrogen-bond acceptors (Lipinski definition) is 4. The minimum absolute atomic E-state index is 0.0452. The summed E-state index contributed by atoms with van der Waals surface area (Å²) in [6, 6.07) is 2.89. The number of nitrogens with one attached hydrogen (secondary N) is 1. The fourth-order valence-corrected chi connectivity index (χ4v) is 2.36. The molecule has 0 saturated carbocycles. The van der Waals surface area contributed by atoms with Crippen LogP contribution in [0.5, 0.6) is 0 Å². The van der Waals surface area contributed by atoms with Crippen LogP contribution in [-0.4, -0.2) is 44.5 Å². The van der Waals surface area contributed by atoms with E-state index in [-0.39, 0.29) is 11.3 Å². The molecule has 1 N–H and O–H groups in total. The summed E-state index contributed by atoms with van der Waals surface area (Å²) in [6.45, 7) is 0.350. The lowest BCUT2D eigenvalue weighted by Crippen LogP contribution is -2.22. The molecule has 5 nitrogen and oxygen atoms in total. The highest BCUT2D eigenvalue weighted by Crippen LogP contribution is 2.22. The Balaban J connectivity index is 2.46. The lowest BCUT2D eigenvalue weighted by Gasteiger charge is -2.11. The van der Waals surface area contributed by atoms with Gasteiger partial charge in [-0.05, 0) is 25.0 Å². The molecule has 0 aliphatic heterocycles. The zero-order chi connectivity index (χ0) is 16.1. The third-order valence-electron chi connectivity index (χ3n) is 2.71. The maximum absolute atomic E-state index is 11.9. The molecule has 0 aromatic carbocycles. The number of alkyl halides is 3. The summed E-state index contributed by atoms with van der Waals surface area (Å²) in [6.07, 6.45) is -3.31. The van der Waals surface area contributed by atoms with Crippen LogP contribution in [0.25, 0.3) is 0 Å². The largest absolute Gasteiger partial charge is 0.389 e. The number of anilines is 1. The van der Waals surface area contributed by atoms with Crippen molar-refractivity contribution < 1.29 is 21.6 Å². The molecule has 0 spiro atoms. The molecule has 0 atom stereocenters. The predicted molar refractivity (Wildman–Crippen MR) is 73.5 cm³/mol. The molecule has 0 saturated heterocycles. The van der Waals surface area contributed by atoms with Crippen LogP contribution < -0.4 is 5.32 Å². The number of aromatic nitrogens is 1. The number of pyridine rings is 1. The number of hydrogen-bond donors (Lipinski definition) is 1. The highest BCUT2D eigenvalue weighted by molar-refractivity contribution is 7.89. The van der Waals surface area contributed by atoms with Gasteiger partial charge in [0.15, 0.2) is 0 Å². The molecule has 0 aliphatic rings. The van der Waals surface area contributed by atoms with E-state index >= 15 is 0 Å². The summed E-state index contributed by atoms with van der Waals surface area (Å²) in [5, 5.41) is 2.85. The fourth-order valence-electron chi connectivity index (χ4n) is 1.52. The Bertz CT molecular complexity index is 542. The molecule has 9 heteroatoms. The van der Waals surface area contributed by atoms with E-state index in [0.717, 1.165) is 4.31 Å². The second-order valence-electron chi connectivity index (χ2n) is 4.67. The SMILES string of the molecule is CN(C)S(=O)(=O)c1ccc(NCCCCC(F)(F)F)nc1. The van der Waals surface area contributed by atoms with Crippen molar-refractivity contribution in [2.75, 3.05) is 26.0 Å². The summed E-state index contributed by atoms with van der Waals surface area (Å²) in [7, 11) is -0.684. The van der Waals surface area contributed by atoms with E-state index < -0.39 is 22.6 Å². The van der Waals surface area contributed by atoms with Gasteiger partial charge in [-0.1, -0.05) is 0 Å². The van der Waals surface area contributed by atoms with Gasteiger partial charge in [0.2, 0.25) is 10.0 Å². The first-order chi connectivity index (χ1) is 9.63.